The molecule has 0 saturated heterocycles. The van der Waals surface area contributed by atoms with Gasteiger partial charge in [-0.3, -0.25) is 4.99 Å². The number of hydrogen-bond donors (Lipinski definition) is 0. The van der Waals surface area contributed by atoms with Gasteiger partial charge in [-0.1, -0.05) is 78.9 Å². The molecule has 0 radical (unpaired) electrons. The lowest BCUT2D eigenvalue weighted by Crippen LogP contribution is -2.09. The highest BCUT2D eigenvalue weighted by molar-refractivity contribution is 6.08. The zero-order chi connectivity index (χ0) is 19.9. The highest BCUT2D eigenvalue weighted by Gasteiger charge is 2.13. The fourth-order valence-electron chi connectivity index (χ4n) is 5.02. The van der Waals surface area contributed by atoms with Gasteiger partial charge < -0.3 is 0 Å². The molecule has 4 aromatic rings. The van der Waals surface area contributed by atoms with E-state index in [0.29, 0.717) is 0 Å². The summed E-state index contributed by atoms with van der Waals surface area (Å²) in [6.07, 6.45) is 15.4. The van der Waals surface area contributed by atoms with Crippen molar-refractivity contribution in [2.75, 3.05) is 0 Å². The van der Waals surface area contributed by atoms with Crippen molar-refractivity contribution in [3.8, 4) is 0 Å². The van der Waals surface area contributed by atoms with Gasteiger partial charge in [0.15, 0.2) is 0 Å². The Labute approximate surface area is 176 Å². The number of benzene rings is 4. The maximum absolute atomic E-state index is 4.32. The van der Waals surface area contributed by atoms with Crippen molar-refractivity contribution in [2.24, 2.45) is 4.99 Å². The van der Waals surface area contributed by atoms with Crippen LogP contribution in [0.5, 0.6) is 0 Å². The molecule has 144 valence electrons. The van der Waals surface area contributed by atoms with E-state index in [0.717, 1.165) is 5.69 Å². The molecule has 0 aromatic heterocycles. The van der Waals surface area contributed by atoms with Crippen LogP contribution in [-0.2, 0) is 12.8 Å². The Bertz CT molecular complexity index is 1440. The summed E-state index contributed by atoms with van der Waals surface area (Å²) in [6.45, 7) is 0. The van der Waals surface area contributed by atoms with Crippen molar-refractivity contribution in [2.45, 2.75) is 25.7 Å². The van der Waals surface area contributed by atoms with Crippen LogP contribution in [0.1, 0.15) is 29.5 Å². The number of allylic oxidation sites excluding steroid dienone is 1. The van der Waals surface area contributed by atoms with Gasteiger partial charge in [0.2, 0.25) is 0 Å². The third-order valence-electron chi connectivity index (χ3n) is 6.54. The molecule has 0 bridgehead atoms. The van der Waals surface area contributed by atoms with E-state index in [1.54, 1.807) is 11.1 Å². The second kappa shape index (κ2) is 7.11. The van der Waals surface area contributed by atoms with Crippen molar-refractivity contribution in [1.29, 1.82) is 0 Å². The number of aryl methyl sites for hydroxylation is 2. The number of nitrogens with zero attached hydrogens (tertiary/aromatic N) is 1. The van der Waals surface area contributed by atoms with Crippen molar-refractivity contribution in [1.82, 2.24) is 0 Å². The third kappa shape index (κ3) is 2.81. The van der Waals surface area contributed by atoms with E-state index in [-0.39, 0.29) is 0 Å². The van der Waals surface area contributed by atoms with Crippen LogP contribution >= 0.6 is 0 Å². The summed E-state index contributed by atoms with van der Waals surface area (Å²) in [6, 6.07) is 22.2. The fourth-order valence-corrected chi connectivity index (χ4v) is 5.02. The highest BCUT2D eigenvalue weighted by atomic mass is 14.7. The van der Waals surface area contributed by atoms with Gasteiger partial charge in [0.05, 0.1) is 5.69 Å². The predicted octanol–water partition coefficient (Wildman–Crippen LogP) is 5.86. The van der Waals surface area contributed by atoms with E-state index in [1.165, 1.54) is 63.2 Å². The topological polar surface area (TPSA) is 12.4 Å². The van der Waals surface area contributed by atoms with Gasteiger partial charge in [-0.25, -0.2) is 0 Å². The maximum atomic E-state index is 4.32. The normalized spacial score (nSPS) is 15.1. The minimum absolute atomic E-state index is 1.12. The molecule has 2 aliphatic carbocycles. The molecule has 1 aliphatic heterocycles. The number of rotatable bonds is 0. The lowest BCUT2D eigenvalue weighted by molar-refractivity contribution is 0.690. The van der Waals surface area contributed by atoms with Crippen LogP contribution in [0.3, 0.4) is 0 Å². The molecule has 0 fully saturated rings. The van der Waals surface area contributed by atoms with Gasteiger partial charge in [-0.05, 0) is 69.6 Å². The first-order valence-electron chi connectivity index (χ1n) is 10.9. The Balaban J connectivity index is 0.000000126. The Hall–Kier alpha value is -3.45. The minimum Gasteiger partial charge on any atom is -0.256 e. The van der Waals surface area contributed by atoms with Crippen molar-refractivity contribution < 1.29 is 0 Å². The van der Waals surface area contributed by atoms with Crippen LogP contribution < -0.4 is 10.4 Å². The summed E-state index contributed by atoms with van der Waals surface area (Å²) in [5.74, 6) is 0. The van der Waals surface area contributed by atoms with E-state index in [2.05, 4.69) is 83.9 Å². The molecule has 0 saturated carbocycles. The summed E-state index contributed by atoms with van der Waals surface area (Å²) in [5, 5.41) is 8.15. The van der Waals surface area contributed by atoms with Gasteiger partial charge in [0.25, 0.3) is 0 Å². The largest absolute Gasteiger partial charge is 0.256 e. The van der Waals surface area contributed by atoms with Crippen LogP contribution in [-0.4, -0.2) is 6.21 Å². The summed E-state index contributed by atoms with van der Waals surface area (Å²) in [7, 11) is 0. The van der Waals surface area contributed by atoms with Gasteiger partial charge in [-0.15, -0.1) is 0 Å². The summed E-state index contributed by atoms with van der Waals surface area (Å²) in [5.41, 5.74) is 5.56. The van der Waals surface area contributed by atoms with E-state index in [4.69, 9.17) is 0 Å². The monoisotopic (exact) mass is 385 g/mol. The zero-order valence-corrected chi connectivity index (χ0v) is 16.9. The Morgan fingerprint density at radius 1 is 0.667 bits per heavy atom. The Morgan fingerprint density at radius 3 is 2.53 bits per heavy atom. The number of hydrogen-bond acceptors (Lipinski definition) is 1. The molecule has 3 aliphatic rings. The van der Waals surface area contributed by atoms with Crippen LogP contribution in [0.25, 0.3) is 39.8 Å². The third-order valence-corrected chi connectivity index (χ3v) is 6.54. The average Bonchev–Trinajstić information content (AvgIpc) is 3.48. The SMILES string of the molecule is C1=Cc2c3c(ccc2=C1)=CC=N3.c1ccc2c(c1)ccc1c3c(ccc12)CCCC3. The molecule has 1 heteroatoms. The molecular formula is C29H23N. The lowest BCUT2D eigenvalue weighted by atomic mass is 9.86. The molecule has 1 heterocycles. The maximum Gasteiger partial charge on any atom is 0.0780 e. The second-order valence-electron chi connectivity index (χ2n) is 8.27. The quantitative estimate of drug-likeness (QED) is 0.336. The van der Waals surface area contributed by atoms with Crippen molar-refractivity contribution in [3.63, 3.8) is 0 Å². The molecule has 0 atom stereocenters. The lowest BCUT2D eigenvalue weighted by Gasteiger charge is -2.18. The first-order chi connectivity index (χ1) is 14.9. The van der Waals surface area contributed by atoms with Gasteiger partial charge in [-0.2, -0.15) is 0 Å². The molecule has 7 rings (SSSR count). The van der Waals surface area contributed by atoms with Gasteiger partial charge >= 0.3 is 0 Å². The summed E-state index contributed by atoms with van der Waals surface area (Å²) in [4.78, 5) is 4.32. The summed E-state index contributed by atoms with van der Waals surface area (Å²) < 4.78 is 0. The standard InChI is InChI=1S/C18H16.C11H7N/c1-3-7-15-13(5-1)9-11-18-16-8-4-2-6-14(16)10-12-17(15)18;1-2-8-4-5-9-6-7-12-11(9)10(8)3-1/h1,3,5,7,9-12H,2,4,6,8H2;1-7H. The number of fused-ring (bicyclic) bond motifs is 8. The molecule has 1 nitrogen and oxygen atoms in total. The van der Waals surface area contributed by atoms with Gasteiger partial charge in [0, 0.05) is 17.0 Å². The highest BCUT2D eigenvalue weighted by Crippen LogP contribution is 2.33. The molecule has 0 spiro atoms. The van der Waals surface area contributed by atoms with Gasteiger partial charge in [0.1, 0.15) is 0 Å². The fraction of sp³-hybridized carbons (Fsp3) is 0.138. The Kier molecular flexibility index (Phi) is 4.12. The smallest absolute Gasteiger partial charge is 0.0780 e. The number of aliphatic imine (C=N–C) groups is 1. The molecule has 0 unspecified atom stereocenters. The second-order valence-corrected chi connectivity index (χ2v) is 8.27. The molecule has 0 amide bonds. The van der Waals surface area contributed by atoms with E-state index >= 15 is 0 Å². The molecule has 4 aromatic carbocycles. The Morgan fingerprint density at radius 2 is 1.53 bits per heavy atom. The predicted molar refractivity (Wildman–Crippen MR) is 130 cm³/mol. The van der Waals surface area contributed by atoms with Crippen LogP contribution in [0.15, 0.2) is 71.7 Å². The van der Waals surface area contributed by atoms with E-state index in [1.807, 2.05) is 12.3 Å². The summed E-state index contributed by atoms with van der Waals surface area (Å²) >= 11 is 0. The first-order valence-corrected chi connectivity index (χ1v) is 10.9. The molecule has 30 heavy (non-hydrogen) atoms. The molecule has 0 N–H and O–H groups in total. The minimum atomic E-state index is 1.12. The first kappa shape index (κ1) is 17.4. The van der Waals surface area contributed by atoms with Crippen molar-refractivity contribution >= 4 is 51.7 Å². The van der Waals surface area contributed by atoms with E-state index < -0.39 is 0 Å². The average molecular weight is 386 g/mol. The van der Waals surface area contributed by atoms with Crippen LogP contribution in [0, 0.1) is 0 Å². The van der Waals surface area contributed by atoms with E-state index in [9.17, 15) is 0 Å². The van der Waals surface area contributed by atoms with Crippen LogP contribution in [0.4, 0.5) is 5.69 Å². The molecular weight excluding hydrogens is 362 g/mol. The zero-order valence-electron chi connectivity index (χ0n) is 16.9. The van der Waals surface area contributed by atoms with Crippen LogP contribution in [0.2, 0.25) is 0 Å². The van der Waals surface area contributed by atoms with Crippen molar-refractivity contribution in [3.05, 3.63) is 93.9 Å².